The van der Waals surface area contributed by atoms with Crippen LogP contribution in [0, 0.1) is 13.8 Å². The highest BCUT2D eigenvalue weighted by Gasteiger charge is 2.30. The number of halogens is 3. The number of benzene rings is 1. The summed E-state index contributed by atoms with van der Waals surface area (Å²) in [7, 11) is 0. The molecule has 0 aliphatic heterocycles. The number of hydrogen-bond donors (Lipinski definition) is 0. The van der Waals surface area contributed by atoms with Crippen LogP contribution in [0.15, 0.2) is 18.2 Å². The quantitative estimate of drug-likeness (QED) is 0.778. The van der Waals surface area contributed by atoms with E-state index in [0.29, 0.717) is 5.56 Å². The second-order valence-electron chi connectivity index (χ2n) is 3.94. The van der Waals surface area contributed by atoms with Gasteiger partial charge in [-0.05, 0) is 25.0 Å². The van der Waals surface area contributed by atoms with Crippen LogP contribution in [0.25, 0.3) is 0 Å². The van der Waals surface area contributed by atoms with Crippen molar-refractivity contribution in [1.82, 2.24) is 0 Å². The predicted octanol–water partition coefficient (Wildman–Crippen LogP) is 3.37. The van der Waals surface area contributed by atoms with E-state index in [-0.39, 0.29) is 6.42 Å². The van der Waals surface area contributed by atoms with E-state index in [1.807, 2.05) is 19.1 Å². The van der Waals surface area contributed by atoms with Crippen molar-refractivity contribution in [3.63, 3.8) is 0 Å². The molecule has 88 valence electrons. The van der Waals surface area contributed by atoms with Crippen molar-refractivity contribution in [2.75, 3.05) is 0 Å². The van der Waals surface area contributed by atoms with Gasteiger partial charge in [0, 0.05) is 6.42 Å². The molecule has 0 N–H and O–H groups in total. The standard InChI is InChI=1S/C12H13F3O/c1-8-3-4-9(2)10(5-8)6-11(16)7-12(13,14)15/h3-5H,6-7H2,1-2H3. The summed E-state index contributed by atoms with van der Waals surface area (Å²) in [6.45, 7) is 3.63. The Hall–Kier alpha value is -1.32. The van der Waals surface area contributed by atoms with Gasteiger partial charge in [-0.1, -0.05) is 23.8 Å². The fourth-order valence-electron chi connectivity index (χ4n) is 1.49. The first-order valence-corrected chi connectivity index (χ1v) is 4.92. The first kappa shape index (κ1) is 12.7. The second-order valence-corrected chi connectivity index (χ2v) is 3.94. The molecule has 0 bridgehead atoms. The Balaban J connectivity index is 2.73. The molecule has 0 unspecified atom stereocenters. The van der Waals surface area contributed by atoms with Crippen molar-refractivity contribution in [2.24, 2.45) is 0 Å². The van der Waals surface area contributed by atoms with Crippen LogP contribution < -0.4 is 0 Å². The Morgan fingerprint density at radius 1 is 1.25 bits per heavy atom. The van der Waals surface area contributed by atoms with E-state index in [1.165, 1.54) is 0 Å². The summed E-state index contributed by atoms with van der Waals surface area (Å²) in [5.74, 6) is -0.791. The lowest BCUT2D eigenvalue weighted by Gasteiger charge is -2.08. The Bertz CT molecular complexity index is 394. The fourth-order valence-corrected chi connectivity index (χ4v) is 1.49. The number of carbonyl (C=O) groups excluding carboxylic acids is 1. The second kappa shape index (κ2) is 4.68. The zero-order chi connectivity index (χ0) is 12.3. The maximum Gasteiger partial charge on any atom is 0.395 e. The lowest BCUT2D eigenvalue weighted by Crippen LogP contribution is -2.16. The lowest BCUT2D eigenvalue weighted by atomic mass is 10.00. The molecule has 1 aromatic rings. The van der Waals surface area contributed by atoms with Gasteiger partial charge in [-0.3, -0.25) is 4.79 Å². The van der Waals surface area contributed by atoms with Crippen LogP contribution >= 0.6 is 0 Å². The van der Waals surface area contributed by atoms with Gasteiger partial charge in [-0.25, -0.2) is 0 Å². The van der Waals surface area contributed by atoms with E-state index in [9.17, 15) is 18.0 Å². The Kier molecular flexibility index (Phi) is 3.73. The van der Waals surface area contributed by atoms with Crippen LogP contribution in [0.2, 0.25) is 0 Å². The van der Waals surface area contributed by atoms with Crippen LogP contribution in [-0.4, -0.2) is 12.0 Å². The molecule has 0 saturated carbocycles. The molecule has 0 aliphatic rings. The Morgan fingerprint density at radius 2 is 1.88 bits per heavy atom. The summed E-state index contributed by atoms with van der Waals surface area (Å²) >= 11 is 0. The van der Waals surface area contributed by atoms with Crippen molar-refractivity contribution in [2.45, 2.75) is 32.9 Å². The number of carbonyl (C=O) groups is 1. The van der Waals surface area contributed by atoms with Crippen LogP contribution in [-0.2, 0) is 11.2 Å². The molecular formula is C12H13F3O. The SMILES string of the molecule is Cc1ccc(C)c(CC(=O)CC(F)(F)F)c1. The van der Waals surface area contributed by atoms with Crippen LogP contribution in [0.5, 0.6) is 0 Å². The number of rotatable bonds is 3. The van der Waals surface area contributed by atoms with Gasteiger partial charge in [0.2, 0.25) is 0 Å². The molecule has 0 radical (unpaired) electrons. The average molecular weight is 230 g/mol. The molecule has 0 amide bonds. The zero-order valence-electron chi connectivity index (χ0n) is 9.19. The van der Waals surface area contributed by atoms with Crippen molar-refractivity contribution in [1.29, 1.82) is 0 Å². The number of aryl methyl sites for hydroxylation is 2. The Labute approximate surface area is 92.3 Å². The highest BCUT2D eigenvalue weighted by atomic mass is 19.4. The summed E-state index contributed by atoms with van der Waals surface area (Å²) in [6, 6.07) is 5.43. The van der Waals surface area contributed by atoms with E-state index in [4.69, 9.17) is 0 Å². The van der Waals surface area contributed by atoms with Gasteiger partial charge in [0.25, 0.3) is 0 Å². The largest absolute Gasteiger partial charge is 0.395 e. The smallest absolute Gasteiger partial charge is 0.299 e. The summed E-state index contributed by atoms with van der Waals surface area (Å²) in [4.78, 5) is 11.2. The molecule has 0 spiro atoms. The third kappa shape index (κ3) is 4.04. The lowest BCUT2D eigenvalue weighted by molar-refractivity contribution is -0.151. The number of hydrogen-bond acceptors (Lipinski definition) is 1. The molecule has 4 heteroatoms. The number of Topliss-reactive ketones (excluding diaryl/α,β-unsaturated/α-hetero) is 1. The fraction of sp³-hybridized carbons (Fsp3) is 0.417. The van der Waals surface area contributed by atoms with Gasteiger partial charge < -0.3 is 0 Å². The molecule has 0 saturated heterocycles. The molecule has 0 aromatic heterocycles. The molecule has 0 aliphatic carbocycles. The molecule has 0 heterocycles. The van der Waals surface area contributed by atoms with Gasteiger partial charge in [-0.15, -0.1) is 0 Å². The average Bonchev–Trinajstić information content (AvgIpc) is 2.08. The normalized spacial score (nSPS) is 11.6. The molecule has 1 rings (SSSR count). The predicted molar refractivity (Wildman–Crippen MR) is 55.3 cm³/mol. The third-order valence-corrected chi connectivity index (χ3v) is 2.29. The molecule has 1 nitrogen and oxygen atoms in total. The molecular weight excluding hydrogens is 217 g/mol. The van der Waals surface area contributed by atoms with E-state index in [0.717, 1.165) is 11.1 Å². The Morgan fingerprint density at radius 3 is 2.44 bits per heavy atom. The number of ketones is 1. The van der Waals surface area contributed by atoms with Gasteiger partial charge in [0.05, 0.1) is 0 Å². The maximum absolute atomic E-state index is 12.0. The zero-order valence-corrected chi connectivity index (χ0v) is 9.19. The van der Waals surface area contributed by atoms with Crippen LogP contribution in [0.4, 0.5) is 13.2 Å². The minimum Gasteiger partial charge on any atom is -0.299 e. The third-order valence-electron chi connectivity index (χ3n) is 2.29. The first-order chi connectivity index (χ1) is 7.28. The van der Waals surface area contributed by atoms with E-state index < -0.39 is 18.4 Å². The van der Waals surface area contributed by atoms with Gasteiger partial charge in [0.1, 0.15) is 12.2 Å². The van der Waals surface area contributed by atoms with Crippen molar-refractivity contribution < 1.29 is 18.0 Å². The van der Waals surface area contributed by atoms with Crippen molar-refractivity contribution >= 4 is 5.78 Å². The molecule has 0 fully saturated rings. The highest BCUT2D eigenvalue weighted by molar-refractivity contribution is 5.81. The molecule has 0 atom stereocenters. The summed E-state index contributed by atoms with van der Waals surface area (Å²) < 4.78 is 35.9. The van der Waals surface area contributed by atoms with Gasteiger partial charge in [-0.2, -0.15) is 13.2 Å². The first-order valence-electron chi connectivity index (χ1n) is 4.92. The van der Waals surface area contributed by atoms with Crippen molar-refractivity contribution in [3.8, 4) is 0 Å². The minimum atomic E-state index is -4.41. The summed E-state index contributed by atoms with van der Waals surface area (Å²) in [5.41, 5.74) is 2.47. The topological polar surface area (TPSA) is 17.1 Å². The van der Waals surface area contributed by atoms with E-state index in [1.54, 1.807) is 13.0 Å². The highest BCUT2D eigenvalue weighted by Crippen LogP contribution is 2.21. The monoisotopic (exact) mass is 230 g/mol. The van der Waals surface area contributed by atoms with Crippen LogP contribution in [0.1, 0.15) is 23.1 Å². The summed E-state index contributed by atoms with van der Waals surface area (Å²) in [5, 5.41) is 0. The van der Waals surface area contributed by atoms with E-state index >= 15 is 0 Å². The number of alkyl halides is 3. The maximum atomic E-state index is 12.0. The van der Waals surface area contributed by atoms with Crippen LogP contribution in [0.3, 0.4) is 0 Å². The minimum absolute atomic E-state index is 0.146. The van der Waals surface area contributed by atoms with Crippen molar-refractivity contribution in [3.05, 3.63) is 34.9 Å². The van der Waals surface area contributed by atoms with Gasteiger partial charge >= 0.3 is 6.18 Å². The molecule has 1 aromatic carbocycles. The van der Waals surface area contributed by atoms with E-state index in [2.05, 4.69) is 0 Å². The van der Waals surface area contributed by atoms with Gasteiger partial charge in [0.15, 0.2) is 0 Å². The summed E-state index contributed by atoms with van der Waals surface area (Å²) in [6.07, 6.45) is -5.90. The molecule has 16 heavy (non-hydrogen) atoms.